The lowest BCUT2D eigenvalue weighted by Gasteiger charge is -2.01. The number of aryl methyl sites for hydroxylation is 1. The van der Waals surface area contributed by atoms with Crippen LogP contribution < -0.4 is 0 Å². The van der Waals surface area contributed by atoms with Crippen molar-refractivity contribution in [2.75, 3.05) is 0 Å². The summed E-state index contributed by atoms with van der Waals surface area (Å²) in [6.45, 7) is 3.24. The molecule has 2 heteroatoms. The third kappa shape index (κ3) is 1.95. The molecule has 10 heavy (non-hydrogen) atoms. The molecule has 1 rings (SSSR count). The van der Waals surface area contributed by atoms with Crippen LogP contribution in [0, 0.1) is 4.51 Å². The van der Waals surface area contributed by atoms with Crippen LogP contribution in [0.2, 0.25) is 0 Å². The zero-order valence-electron chi connectivity index (χ0n) is 6.08. The highest BCUT2D eigenvalue weighted by Crippen LogP contribution is 1.93. The molecule has 1 aromatic heterocycles. The Kier molecular flexibility index (Phi) is 2.63. The quantitative estimate of drug-likeness (QED) is 0.591. The SMILES string of the molecule is CCCn1ccc(=S)cc1. The predicted molar refractivity (Wildman–Crippen MR) is 45.6 cm³/mol. The van der Waals surface area contributed by atoms with Crippen LogP contribution in [-0.4, -0.2) is 4.57 Å². The van der Waals surface area contributed by atoms with Crippen molar-refractivity contribution in [3.05, 3.63) is 29.0 Å². The van der Waals surface area contributed by atoms with Gasteiger partial charge in [-0.2, -0.15) is 0 Å². The Bertz CT molecular complexity index is 231. The third-order valence-electron chi connectivity index (χ3n) is 1.34. The van der Waals surface area contributed by atoms with Gasteiger partial charge in [-0.3, -0.25) is 0 Å². The maximum Gasteiger partial charge on any atom is 0.0406 e. The lowest BCUT2D eigenvalue weighted by Crippen LogP contribution is -1.94. The molecule has 0 unspecified atom stereocenters. The van der Waals surface area contributed by atoms with Crippen LogP contribution in [0.1, 0.15) is 13.3 Å². The van der Waals surface area contributed by atoms with Crippen molar-refractivity contribution in [1.29, 1.82) is 0 Å². The van der Waals surface area contributed by atoms with E-state index in [1.54, 1.807) is 0 Å². The molecule has 1 aromatic rings. The highest BCUT2D eigenvalue weighted by Gasteiger charge is 1.82. The first kappa shape index (κ1) is 7.48. The first-order chi connectivity index (χ1) is 4.83. The molecular formula is C8H11NS. The molecular weight excluding hydrogens is 142 g/mol. The number of hydrogen-bond acceptors (Lipinski definition) is 1. The average Bonchev–Trinajstić information content (AvgIpc) is 1.95. The summed E-state index contributed by atoms with van der Waals surface area (Å²) in [5.74, 6) is 0. The van der Waals surface area contributed by atoms with Crippen molar-refractivity contribution in [2.24, 2.45) is 0 Å². The Morgan fingerprint density at radius 3 is 2.50 bits per heavy atom. The van der Waals surface area contributed by atoms with E-state index in [1.807, 2.05) is 24.5 Å². The van der Waals surface area contributed by atoms with E-state index in [4.69, 9.17) is 12.2 Å². The van der Waals surface area contributed by atoms with Gasteiger partial charge in [-0.15, -0.1) is 0 Å². The molecule has 0 aromatic carbocycles. The normalized spacial score (nSPS) is 9.70. The van der Waals surface area contributed by atoms with Gasteiger partial charge in [0.25, 0.3) is 0 Å². The molecule has 0 aliphatic rings. The van der Waals surface area contributed by atoms with E-state index in [9.17, 15) is 0 Å². The van der Waals surface area contributed by atoms with Gasteiger partial charge in [0.05, 0.1) is 0 Å². The predicted octanol–water partition coefficient (Wildman–Crippen LogP) is 2.63. The molecule has 0 N–H and O–H groups in total. The van der Waals surface area contributed by atoms with Crippen LogP contribution in [0.4, 0.5) is 0 Å². The molecule has 0 atom stereocenters. The Labute approximate surface area is 66.3 Å². The molecule has 54 valence electrons. The highest BCUT2D eigenvalue weighted by molar-refractivity contribution is 7.71. The summed E-state index contributed by atoms with van der Waals surface area (Å²) in [7, 11) is 0. The van der Waals surface area contributed by atoms with Gasteiger partial charge in [0.15, 0.2) is 0 Å². The number of nitrogens with zero attached hydrogens (tertiary/aromatic N) is 1. The Morgan fingerprint density at radius 1 is 1.40 bits per heavy atom. The zero-order valence-corrected chi connectivity index (χ0v) is 6.90. The average molecular weight is 153 g/mol. The second kappa shape index (κ2) is 3.52. The van der Waals surface area contributed by atoms with E-state index in [1.165, 1.54) is 6.42 Å². The fourth-order valence-electron chi connectivity index (χ4n) is 0.851. The van der Waals surface area contributed by atoms with Crippen molar-refractivity contribution in [1.82, 2.24) is 4.57 Å². The van der Waals surface area contributed by atoms with E-state index in [0.717, 1.165) is 11.1 Å². The van der Waals surface area contributed by atoms with Crippen molar-refractivity contribution >= 4 is 12.2 Å². The van der Waals surface area contributed by atoms with E-state index < -0.39 is 0 Å². The molecule has 0 aliphatic heterocycles. The first-order valence-corrected chi connectivity index (χ1v) is 3.90. The maximum absolute atomic E-state index is 4.94. The van der Waals surface area contributed by atoms with Crippen LogP contribution in [-0.2, 0) is 6.54 Å². The molecule has 1 nitrogen and oxygen atoms in total. The molecule has 0 aliphatic carbocycles. The molecule has 1 heterocycles. The molecule has 0 bridgehead atoms. The highest BCUT2D eigenvalue weighted by atomic mass is 32.1. The molecule has 0 saturated carbocycles. The van der Waals surface area contributed by atoms with Crippen molar-refractivity contribution in [3.63, 3.8) is 0 Å². The minimum Gasteiger partial charge on any atom is -0.354 e. The van der Waals surface area contributed by atoms with Gasteiger partial charge in [-0.25, -0.2) is 0 Å². The summed E-state index contributed by atoms with van der Waals surface area (Å²) in [6.07, 6.45) is 5.21. The van der Waals surface area contributed by atoms with Crippen LogP contribution in [0.15, 0.2) is 24.5 Å². The van der Waals surface area contributed by atoms with Crippen molar-refractivity contribution < 1.29 is 0 Å². The number of pyridine rings is 1. The van der Waals surface area contributed by atoms with Gasteiger partial charge in [-0.05, 0) is 18.6 Å². The van der Waals surface area contributed by atoms with Crippen LogP contribution in [0.5, 0.6) is 0 Å². The van der Waals surface area contributed by atoms with Gasteiger partial charge in [-0.1, -0.05) is 19.1 Å². The first-order valence-electron chi connectivity index (χ1n) is 3.49. The standard InChI is InChI=1S/C8H11NS/c1-2-5-9-6-3-8(10)4-7-9/h3-4,6-7H,2,5H2,1H3. The second-order valence-corrected chi connectivity index (χ2v) is 2.74. The Hall–Kier alpha value is -0.630. The second-order valence-electron chi connectivity index (χ2n) is 2.27. The van der Waals surface area contributed by atoms with E-state index in [-0.39, 0.29) is 0 Å². The van der Waals surface area contributed by atoms with Gasteiger partial charge >= 0.3 is 0 Å². The summed E-state index contributed by atoms with van der Waals surface area (Å²) < 4.78 is 3.04. The fourth-order valence-corrected chi connectivity index (χ4v) is 0.973. The van der Waals surface area contributed by atoms with Crippen molar-refractivity contribution in [3.8, 4) is 0 Å². The number of aromatic nitrogens is 1. The Morgan fingerprint density at radius 2 is 2.00 bits per heavy atom. The summed E-state index contributed by atoms with van der Waals surface area (Å²) in [4.78, 5) is 0. The van der Waals surface area contributed by atoms with Crippen LogP contribution in [0.25, 0.3) is 0 Å². The lowest BCUT2D eigenvalue weighted by molar-refractivity contribution is 0.674. The van der Waals surface area contributed by atoms with Gasteiger partial charge in [0, 0.05) is 23.4 Å². The monoisotopic (exact) mass is 153 g/mol. The molecule has 0 saturated heterocycles. The minimum atomic E-state index is 0.910. The summed E-state index contributed by atoms with van der Waals surface area (Å²) >= 11 is 4.94. The number of hydrogen-bond donors (Lipinski definition) is 0. The van der Waals surface area contributed by atoms with Crippen molar-refractivity contribution in [2.45, 2.75) is 19.9 Å². The topological polar surface area (TPSA) is 4.93 Å². The van der Waals surface area contributed by atoms with E-state index in [2.05, 4.69) is 11.5 Å². The smallest absolute Gasteiger partial charge is 0.0406 e. The third-order valence-corrected chi connectivity index (χ3v) is 1.61. The molecule has 0 fully saturated rings. The van der Waals surface area contributed by atoms with Gasteiger partial charge in [0.2, 0.25) is 0 Å². The molecule has 0 spiro atoms. The molecule has 0 amide bonds. The fraction of sp³-hybridized carbons (Fsp3) is 0.375. The largest absolute Gasteiger partial charge is 0.354 e. The maximum atomic E-state index is 4.94. The van der Waals surface area contributed by atoms with Crippen LogP contribution >= 0.6 is 12.2 Å². The molecule has 0 radical (unpaired) electrons. The summed E-state index contributed by atoms with van der Waals surface area (Å²) in [6, 6.07) is 3.90. The summed E-state index contributed by atoms with van der Waals surface area (Å²) in [5, 5.41) is 0. The van der Waals surface area contributed by atoms with Gasteiger partial charge < -0.3 is 4.57 Å². The zero-order chi connectivity index (χ0) is 7.40. The van der Waals surface area contributed by atoms with E-state index >= 15 is 0 Å². The van der Waals surface area contributed by atoms with Crippen LogP contribution in [0.3, 0.4) is 0 Å². The lowest BCUT2D eigenvalue weighted by atomic mass is 10.4. The van der Waals surface area contributed by atoms with E-state index in [0.29, 0.717) is 0 Å². The van der Waals surface area contributed by atoms with Gasteiger partial charge in [0.1, 0.15) is 0 Å². The minimum absolute atomic E-state index is 0.910. The summed E-state index contributed by atoms with van der Waals surface area (Å²) in [5.41, 5.74) is 0. The Balaban J connectivity index is 2.79. The number of rotatable bonds is 2.